The lowest BCUT2D eigenvalue weighted by atomic mass is 9.47. The van der Waals surface area contributed by atoms with E-state index in [1.54, 1.807) is 62.5 Å². The summed E-state index contributed by atoms with van der Waals surface area (Å²) in [6.45, 7) is 8.54. The molecular weight excluding hydrogens is 502 g/mol. The highest BCUT2D eigenvalue weighted by Crippen LogP contribution is 2.68. The first-order valence-corrected chi connectivity index (χ1v) is 13.3. The fraction of sp³-hybridized carbons (Fsp3) is 0.533. The van der Waals surface area contributed by atoms with E-state index in [1.807, 2.05) is 13.8 Å². The molecule has 0 radical (unpaired) electrons. The number of esters is 3. The van der Waals surface area contributed by atoms with E-state index in [0.717, 1.165) is 0 Å². The second-order valence-electron chi connectivity index (χ2n) is 11.8. The van der Waals surface area contributed by atoms with Crippen molar-refractivity contribution in [3.8, 4) is 0 Å². The Morgan fingerprint density at radius 3 is 2.23 bits per heavy atom. The number of ether oxygens (including phenoxy) is 4. The predicted octanol–water partition coefficient (Wildman–Crippen LogP) is 3.88. The van der Waals surface area contributed by atoms with Crippen LogP contribution in [-0.2, 0) is 23.7 Å². The van der Waals surface area contributed by atoms with Crippen LogP contribution in [0.25, 0.3) is 0 Å². The molecule has 1 aromatic carbocycles. The van der Waals surface area contributed by atoms with Gasteiger partial charge in [0, 0.05) is 25.2 Å². The van der Waals surface area contributed by atoms with Gasteiger partial charge in [-0.3, -0.25) is 9.78 Å². The van der Waals surface area contributed by atoms with Gasteiger partial charge in [0.15, 0.2) is 0 Å². The van der Waals surface area contributed by atoms with Crippen LogP contribution >= 0.6 is 0 Å². The summed E-state index contributed by atoms with van der Waals surface area (Å²) >= 11 is 0. The Kier molecular flexibility index (Phi) is 6.58. The molecule has 1 saturated heterocycles. The summed E-state index contributed by atoms with van der Waals surface area (Å²) in [7, 11) is 0. The van der Waals surface area contributed by atoms with Gasteiger partial charge in [0.2, 0.25) is 0 Å². The first-order chi connectivity index (χ1) is 18.3. The summed E-state index contributed by atoms with van der Waals surface area (Å²) in [6, 6.07) is 11.9. The Hall–Kier alpha value is -3.30. The highest BCUT2D eigenvalue weighted by Gasteiger charge is 2.82. The Balaban J connectivity index is 1.63. The van der Waals surface area contributed by atoms with Gasteiger partial charge < -0.3 is 24.1 Å². The molecule has 2 aromatic rings. The number of rotatable bonds is 5. The first kappa shape index (κ1) is 27.3. The Bertz CT molecular complexity index is 1260. The number of benzene rings is 1. The normalized spacial score (nSPS) is 36.4. The zero-order valence-corrected chi connectivity index (χ0v) is 22.9. The summed E-state index contributed by atoms with van der Waals surface area (Å²) in [5.74, 6) is -2.07. The van der Waals surface area contributed by atoms with E-state index in [0.29, 0.717) is 12.0 Å². The lowest BCUT2D eigenvalue weighted by Gasteiger charge is -2.64. The average Bonchev–Trinajstić information content (AvgIpc) is 3.07. The number of carbonyl (C=O) groups is 3. The van der Waals surface area contributed by atoms with Crippen molar-refractivity contribution in [2.45, 2.75) is 89.0 Å². The van der Waals surface area contributed by atoms with E-state index < -0.39 is 64.4 Å². The van der Waals surface area contributed by atoms with Gasteiger partial charge in [0.1, 0.15) is 23.9 Å². The standard InChI is InChI=1S/C30H35NO8/c1-18(32)36-23-16-21-24(38-26(34)20-12-9-15-31-17-20)30(39-27(21,2)3)28(4,35)14-13-22(29(23,30)5)37-25(33)19-10-7-6-8-11-19/h6-12,15,17,21-24,35H,13-14,16H2,1-5H3/t21-,22+,23+,24-,28+,29+,30+/m1/s1. The molecule has 9 heteroatoms. The SMILES string of the molecule is CC(=O)O[C@H]1C[C@@H]2[C@@H](OC(=O)c3cccnc3)[C@@]3(OC2(C)C)[C@@]1(C)[C@@H](OC(=O)c1ccccc1)CC[C@]3(C)O. The molecule has 1 aliphatic heterocycles. The number of carbonyl (C=O) groups excluding carboxylic acids is 3. The number of fused-ring (bicyclic) bond motifs is 1. The van der Waals surface area contributed by atoms with Crippen molar-refractivity contribution in [3.63, 3.8) is 0 Å². The Labute approximate surface area is 227 Å². The number of hydrogen-bond acceptors (Lipinski definition) is 9. The molecule has 1 spiro atoms. The summed E-state index contributed by atoms with van der Waals surface area (Å²) in [6.07, 6.45) is 1.23. The molecule has 1 aromatic heterocycles. The molecule has 2 saturated carbocycles. The molecule has 39 heavy (non-hydrogen) atoms. The molecule has 2 heterocycles. The Morgan fingerprint density at radius 2 is 1.59 bits per heavy atom. The van der Waals surface area contributed by atoms with E-state index >= 15 is 0 Å². The van der Waals surface area contributed by atoms with Crippen LogP contribution in [0.4, 0.5) is 0 Å². The second kappa shape index (κ2) is 9.41. The second-order valence-corrected chi connectivity index (χ2v) is 11.8. The summed E-state index contributed by atoms with van der Waals surface area (Å²) in [5, 5.41) is 12.1. The number of aromatic nitrogens is 1. The van der Waals surface area contributed by atoms with E-state index in [-0.39, 0.29) is 18.4 Å². The van der Waals surface area contributed by atoms with Crippen LogP contribution in [0.15, 0.2) is 54.9 Å². The van der Waals surface area contributed by atoms with Crippen molar-refractivity contribution >= 4 is 17.9 Å². The zero-order valence-electron chi connectivity index (χ0n) is 22.9. The number of aliphatic hydroxyl groups is 1. The van der Waals surface area contributed by atoms with Gasteiger partial charge in [-0.05, 0) is 71.2 Å². The number of pyridine rings is 1. The molecule has 3 fully saturated rings. The van der Waals surface area contributed by atoms with Gasteiger partial charge in [-0.1, -0.05) is 18.2 Å². The lowest BCUT2D eigenvalue weighted by molar-refractivity contribution is -0.326. The molecule has 2 aliphatic carbocycles. The smallest absolute Gasteiger partial charge is 0.340 e. The zero-order chi connectivity index (χ0) is 28.2. The van der Waals surface area contributed by atoms with Gasteiger partial charge in [-0.25, -0.2) is 9.59 Å². The van der Waals surface area contributed by atoms with E-state index in [2.05, 4.69) is 4.98 Å². The summed E-state index contributed by atoms with van der Waals surface area (Å²) in [4.78, 5) is 43.0. The molecule has 0 amide bonds. The van der Waals surface area contributed by atoms with Crippen molar-refractivity contribution in [2.75, 3.05) is 0 Å². The van der Waals surface area contributed by atoms with Crippen LogP contribution in [0.1, 0.15) is 74.6 Å². The van der Waals surface area contributed by atoms with Gasteiger partial charge in [0.05, 0.1) is 27.7 Å². The fourth-order valence-corrected chi connectivity index (χ4v) is 7.23. The quantitative estimate of drug-likeness (QED) is 0.447. The molecule has 7 atom stereocenters. The van der Waals surface area contributed by atoms with Crippen LogP contribution in [-0.4, -0.2) is 63.1 Å². The van der Waals surface area contributed by atoms with E-state index in [9.17, 15) is 19.5 Å². The topological polar surface area (TPSA) is 121 Å². The molecule has 2 bridgehead atoms. The molecule has 1 N–H and O–H groups in total. The van der Waals surface area contributed by atoms with Crippen LogP contribution in [0.3, 0.4) is 0 Å². The van der Waals surface area contributed by atoms with Gasteiger partial charge in [-0.2, -0.15) is 0 Å². The fourth-order valence-electron chi connectivity index (χ4n) is 7.23. The molecule has 5 rings (SSSR count). The largest absolute Gasteiger partial charge is 0.462 e. The van der Waals surface area contributed by atoms with Crippen molar-refractivity contribution in [2.24, 2.45) is 11.3 Å². The third kappa shape index (κ3) is 4.14. The maximum atomic E-state index is 13.4. The maximum absolute atomic E-state index is 13.4. The van der Waals surface area contributed by atoms with E-state index in [4.69, 9.17) is 18.9 Å². The molecular formula is C30H35NO8. The van der Waals surface area contributed by atoms with Gasteiger partial charge in [-0.15, -0.1) is 0 Å². The lowest BCUT2D eigenvalue weighted by Crippen LogP contribution is -2.79. The molecule has 9 nitrogen and oxygen atoms in total. The maximum Gasteiger partial charge on any atom is 0.340 e. The molecule has 3 aliphatic rings. The van der Waals surface area contributed by atoms with Gasteiger partial charge >= 0.3 is 17.9 Å². The Morgan fingerprint density at radius 1 is 0.923 bits per heavy atom. The minimum absolute atomic E-state index is 0.200. The van der Waals surface area contributed by atoms with Crippen molar-refractivity contribution in [1.82, 2.24) is 4.98 Å². The highest BCUT2D eigenvalue weighted by molar-refractivity contribution is 5.90. The van der Waals surface area contributed by atoms with Crippen molar-refractivity contribution in [3.05, 3.63) is 66.0 Å². The van der Waals surface area contributed by atoms with Crippen molar-refractivity contribution in [1.29, 1.82) is 0 Å². The van der Waals surface area contributed by atoms with Crippen LogP contribution in [0, 0.1) is 11.3 Å². The molecule has 0 unspecified atom stereocenters. The van der Waals surface area contributed by atoms with Gasteiger partial charge in [0.25, 0.3) is 0 Å². The summed E-state index contributed by atoms with van der Waals surface area (Å²) in [5.41, 5.74) is -4.60. The van der Waals surface area contributed by atoms with Crippen LogP contribution < -0.4 is 0 Å². The summed E-state index contributed by atoms with van der Waals surface area (Å²) < 4.78 is 25.1. The van der Waals surface area contributed by atoms with Crippen molar-refractivity contribution < 1.29 is 38.4 Å². The van der Waals surface area contributed by atoms with Crippen LogP contribution in [0.2, 0.25) is 0 Å². The third-order valence-electron chi connectivity index (χ3n) is 9.08. The molecule has 208 valence electrons. The number of nitrogens with zero attached hydrogens (tertiary/aromatic N) is 1. The average molecular weight is 538 g/mol. The van der Waals surface area contributed by atoms with E-state index in [1.165, 1.54) is 13.1 Å². The monoisotopic (exact) mass is 537 g/mol. The first-order valence-electron chi connectivity index (χ1n) is 13.3. The minimum Gasteiger partial charge on any atom is -0.462 e. The predicted molar refractivity (Wildman–Crippen MR) is 139 cm³/mol. The highest BCUT2D eigenvalue weighted by atomic mass is 16.6. The van der Waals surface area contributed by atoms with Crippen LogP contribution in [0.5, 0.6) is 0 Å². The number of hydrogen-bond donors (Lipinski definition) is 1. The third-order valence-corrected chi connectivity index (χ3v) is 9.08. The minimum atomic E-state index is -1.57.